The minimum atomic E-state index is -1.29. The maximum absolute atomic E-state index is 14.7. The van der Waals surface area contributed by atoms with Gasteiger partial charge in [0.05, 0.1) is 16.8 Å². The van der Waals surface area contributed by atoms with Gasteiger partial charge in [0.1, 0.15) is 11.5 Å². The lowest BCUT2D eigenvalue weighted by Gasteiger charge is -2.39. The number of para-hydroxylation sites is 2. The van der Waals surface area contributed by atoms with Gasteiger partial charge in [-0.25, -0.2) is 0 Å². The average Bonchev–Trinajstić information content (AvgIpc) is 3.66. The SMILES string of the molecule is CC1=C[C@H]2N(c3ccccc31)[C@H](C(=O)c1cccs1)[C@@H](C(=O)c1ccc(C)cc1)[C@@]21C(=O)Nc2ccccc21. The van der Waals surface area contributed by atoms with Crippen molar-refractivity contribution in [2.24, 2.45) is 5.92 Å². The van der Waals surface area contributed by atoms with E-state index in [9.17, 15) is 14.4 Å². The van der Waals surface area contributed by atoms with Gasteiger partial charge in [0.2, 0.25) is 5.91 Å². The Kier molecular flexibility index (Phi) is 5.26. The van der Waals surface area contributed by atoms with Gasteiger partial charge < -0.3 is 10.2 Å². The number of rotatable bonds is 4. The molecule has 1 saturated heterocycles. The van der Waals surface area contributed by atoms with Crippen LogP contribution in [-0.2, 0) is 10.2 Å². The summed E-state index contributed by atoms with van der Waals surface area (Å²) in [6, 6.07) is 25.2. The zero-order valence-electron chi connectivity index (χ0n) is 21.5. The van der Waals surface area contributed by atoms with Crippen LogP contribution < -0.4 is 10.2 Å². The van der Waals surface area contributed by atoms with Crippen LogP contribution in [0.4, 0.5) is 11.4 Å². The fraction of sp³-hybridized carbons (Fsp3) is 0.182. The van der Waals surface area contributed by atoms with Crippen LogP contribution in [0, 0.1) is 12.8 Å². The van der Waals surface area contributed by atoms with E-state index < -0.39 is 23.4 Å². The molecule has 39 heavy (non-hydrogen) atoms. The summed E-state index contributed by atoms with van der Waals surface area (Å²) in [5, 5.41) is 4.96. The molecule has 0 radical (unpaired) electrons. The van der Waals surface area contributed by atoms with Crippen LogP contribution in [0.15, 0.2) is 96.4 Å². The molecule has 1 amide bonds. The van der Waals surface area contributed by atoms with Gasteiger partial charge >= 0.3 is 0 Å². The third kappa shape index (κ3) is 3.21. The molecule has 0 saturated carbocycles. The molecule has 3 aliphatic rings. The summed E-state index contributed by atoms with van der Waals surface area (Å²) in [7, 11) is 0. The van der Waals surface area contributed by atoms with E-state index in [-0.39, 0.29) is 17.5 Å². The van der Waals surface area contributed by atoms with E-state index in [2.05, 4.69) is 16.3 Å². The summed E-state index contributed by atoms with van der Waals surface area (Å²) in [6.45, 7) is 4.01. The van der Waals surface area contributed by atoms with Crippen LogP contribution in [0.3, 0.4) is 0 Å². The molecule has 192 valence electrons. The Labute approximate surface area is 230 Å². The van der Waals surface area contributed by atoms with E-state index in [1.165, 1.54) is 11.3 Å². The highest BCUT2D eigenvalue weighted by atomic mass is 32.1. The topological polar surface area (TPSA) is 66.5 Å². The van der Waals surface area contributed by atoms with Crippen molar-refractivity contribution in [1.29, 1.82) is 0 Å². The normalized spacial score (nSPS) is 24.6. The summed E-state index contributed by atoms with van der Waals surface area (Å²) in [5.41, 5.74) is 4.60. The third-order valence-electron chi connectivity index (χ3n) is 8.53. The molecule has 0 aliphatic carbocycles. The average molecular weight is 531 g/mol. The van der Waals surface area contributed by atoms with Crippen molar-refractivity contribution in [3.05, 3.63) is 124 Å². The minimum absolute atomic E-state index is 0.141. The van der Waals surface area contributed by atoms with Gasteiger partial charge in [0.25, 0.3) is 0 Å². The summed E-state index contributed by atoms with van der Waals surface area (Å²) in [6.07, 6.45) is 2.08. The number of hydrogen-bond donors (Lipinski definition) is 1. The second kappa shape index (κ2) is 8.61. The lowest BCUT2D eigenvalue weighted by Crippen LogP contribution is -2.51. The third-order valence-corrected chi connectivity index (χ3v) is 9.42. The van der Waals surface area contributed by atoms with Gasteiger partial charge in [-0.2, -0.15) is 0 Å². The molecule has 0 unspecified atom stereocenters. The van der Waals surface area contributed by atoms with Gasteiger partial charge in [-0.1, -0.05) is 78.4 Å². The highest BCUT2D eigenvalue weighted by Crippen LogP contribution is 2.58. The maximum atomic E-state index is 14.7. The van der Waals surface area contributed by atoms with E-state index in [1.54, 1.807) is 6.07 Å². The largest absolute Gasteiger partial charge is 0.352 e. The lowest BCUT2D eigenvalue weighted by atomic mass is 9.64. The zero-order valence-corrected chi connectivity index (χ0v) is 22.4. The van der Waals surface area contributed by atoms with E-state index in [1.807, 2.05) is 98.1 Å². The number of amides is 1. The van der Waals surface area contributed by atoms with Crippen LogP contribution in [-0.4, -0.2) is 29.6 Å². The number of thiophene rings is 1. The van der Waals surface area contributed by atoms with Crippen molar-refractivity contribution in [2.75, 3.05) is 10.2 Å². The van der Waals surface area contributed by atoms with Crippen LogP contribution >= 0.6 is 11.3 Å². The predicted octanol–water partition coefficient (Wildman–Crippen LogP) is 6.30. The quantitative estimate of drug-likeness (QED) is 0.314. The van der Waals surface area contributed by atoms with Crippen molar-refractivity contribution < 1.29 is 14.4 Å². The van der Waals surface area contributed by atoms with Gasteiger partial charge in [0, 0.05) is 22.5 Å². The number of Topliss-reactive ketones (excluding diaryl/α,β-unsaturated/α-hetero) is 2. The number of anilines is 2. The molecule has 1 fully saturated rings. The van der Waals surface area contributed by atoms with Gasteiger partial charge in [-0.3, -0.25) is 14.4 Å². The van der Waals surface area contributed by atoms with Crippen LogP contribution in [0.25, 0.3) is 5.57 Å². The highest BCUT2D eigenvalue weighted by molar-refractivity contribution is 7.12. The molecule has 7 rings (SSSR count). The summed E-state index contributed by atoms with van der Waals surface area (Å²) in [4.78, 5) is 46.2. The number of benzene rings is 3. The van der Waals surface area contributed by atoms with Crippen molar-refractivity contribution in [3.8, 4) is 0 Å². The smallest absolute Gasteiger partial charge is 0.238 e. The number of carbonyl (C=O) groups excluding carboxylic acids is 3. The van der Waals surface area contributed by atoms with Gasteiger partial charge in [0.15, 0.2) is 11.6 Å². The maximum Gasteiger partial charge on any atom is 0.238 e. The predicted molar refractivity (Wildman–Crippen MR) is 155 cm³/mol. The lowest BCUT2D eigenvalue weighted by molar-refractivity contribution is -0.121. The number of ketones is 2. The second-order valence-corrected chi connectivity index (χ2v) is 11.5. The standard InChI is InChI=1S/C33H26N2O3S/c1-19-13-15-21(16-14-19)30(36)28-29(31(37)26-12-7-17-39-26)35-25-11-6-3-8-22(25)20(2)18-27(35)33(28)23-9-4-5-10-24(23)34-32(33)38/h3-18,27-29H,1-2H3,(H,34,38)/t27-,28+,29+,33+/m1/s1. The molecule has 1 aromatic heterocycles. The molecule has 4 heterocycles. The van der Waals surface area contributed by atoms with Crippen LogP contribution in [0.2, 0.25) is 0 Å². The number of carbonyl (C=O) groups is 3. The second-order valence-electron chi connectivity index (χ2n) is 10.6. The summed E-state index contributed by atoms with van der Waals surface area (Å²) < 4.78 is 0. The molecule has 1 spiro atoms. The van der Waals surface area contributed by atoms with Crippen molar-refractivity contribution in [3.63, 3.8) is 0 Å². The van der Waals surface area contributed by atoms with Gasteiger partial charge in [-0.15, -0.1) is 11.3 Å². The molecule has 4 atom stereocenters. The van der Waals surface area contributed by atoms with Crippen LogP contribution in [0.5, 0.6) is 0 Å². The van der Waals surface area contributed by atoms with E-state index in [0.29, 0.717) is 16.1 Å². The molecule has 0 bridgehead atoms. The van der Waals surface area contributed by atoms with E-state index >= 15 is 0 Å². The Morgan fingerprint density at radius 3 is 2.38 bits per heavy atom. The molecule has 6 heteroatoms. The van der Waals surface area contributed by atoms with Gasteiger partial charge in [-0.05, 0) is 48.6 Å². The van der Waals surface area contributed by atoms with Crippen molar-refractivity contribution >= 4 is 45.8 Å². The number of nitrogens with zero attached hydrogens (tertiary/aromatic N) is 1. The first kappa shape index (κ1) is 23.8. The Bertz CT molecular complexity index is 1690. The van der Waals surface area contributed by atoms with E-state index in [4.69, 9.17) is 0 Å². The first-order valence-corrected chi connectivity index (χ1v) is 14.0. The Hall–Kier alpha value is -4.29. The molecule has 5 nitrogen and oxygen atoms in total. The fourth-order valence-corrected chi connectivity index (χ4v) is 7.55. The summed E-state index contributed by atoms with van der Waals surface area (Å²) >= 11 is 1.36. The number of aryl methyl sites for hydroxylation is 1. The van der Waals surface area contributed by atoms with Crippen molar-refractivity contribution in [2.45, 2.75) is 31.3 Å². The molecule has 3 aromatic carbocycles. The Balaban J connectivity index is 1.56. The first-order chi connectivity index (χ1) is 18.9. The number of fused-ring (bicyclic) bond motifs is 6. The molecule has 1 N–H and O–H groups in total. The van der Waals surface area contributed by atoms with Crippen LogP contribution in [0.1, 0.15) is 43.6 Å². The molecule has 4 aromatic rings. The van der Waals surface area contributed by atoms with Crippen molar-refractivity contribution in [1.82, 2.24) is 0 Å². The Morgan fingerprint density at radius 2 is 1.62 bits per heavy atom. The molecular weight excluding hydrogens is 504 g/mol. The minimum Gasteiger partial charge on any atom is -0.352 e. The Morgan fingerprint density at radius 1 is 0.872 bits per heavy atom. The monoisotopic (exact) mass is 530 g/mol. The molecule has 3 aliphatic heterocycles. The zero-order chi connectivity index (χ0) is 26.9. The first-order valence-electron chi connectivity index (χ1n) is 13.1. The number of nitrogens with one attached hydrogen (secondary N) is 1. The molecular formula is C33H26N2O3S. The van der Waals surface area contributed by atoms with E-state index in [0.717, 1.165) is 28.0 Å². The fourth-order valence-electron chi connectivity index (χ4n) is 6.85. The highest BCUT2D eigenvalue weighted by Gasteiger charge is 2.70. The number of hydrogen-bond acceptors (Lipinski definition) is 5. The summed E-state index contributed by atoms with van der Waals surface area (Å²) in [5.74, 6) is -1.53. The number of allylic oxidation sites excluding steroid dienone is 1.